The highest BCUT2D eigenvalue weighted by Gasteiger charge is 2.10. The number of nitrogens with two attached hydrogens (primary N) is 1. The summed E-state index contributed by atoms with van der Waals surface area (Å²) in [6, 6.07) is 8.01. The van der Waals surface area contributed by atoms with Crippen molar-refractivity contribution in [2.75, 3.05) is 6.61 Å². The van der Waals surface area contributed by atoms with E-state index in [0.29, 0.717) is 0 Å². The lowest BCUT2D eigenvalue weighted by molar-refractivity contribution is 0.317. The van der Waals surface area contributed by atoms with Gasteiger partial charge in [-0.3, -0.25) is 0 Å². The Morgan fingerprint density at radius 2 is 2.26 bits per heavy atom. The number of hydrogen-bond donors (Lipinski definition) is 1. The van der Waals surface area contributed by atoms with Crippen LogP contribution in [0.1, 0.15) is 35.7 Å². The van der Waals surface area contributed by atoms with E-state index >= 15 is 0 Å². The highest BCUT2D eigenvalue weighted by molar-refractivity contribution is 7.09. The second-order valence-electron chi connectivity index (χ2n) is 4.61. The zero-order chi connectivity index (χ0) is 13.7. The van der Waals surface area contributed by atoms with Gasteiger partial charge in [-0.2, -0.15) is 0 Å². The molecule has 102 valence electrons. The largest absolute Gasteiger partial charge is 0.494 e. The van der Waals surface area contributed by atoms with Crippen LogP contribution in [0.5, 0.6) is 5.75 Å². The first-order chi connectivity index (χ1) is 9.19. The number of thiazole rings is 1. The molecular formula is C15H20N2OS. The van der Waals surface area contributed by atoms with Gasteiger partial charge in [0.2, 0.25) is 0 Å². The van der Waals surface area contributed by atoms with Crippen molar-refractivity contribution in [1.29, 1.82) is 0 Å². The van der Waals surface area contributed by atoms with Gasteiger partial charge >= 0.3 is 0 Å². The van der Waals surface area contributed by atoms with Crippen molar-refractivity contribution < 1.29 is 4.74 Å². The molecule has 1 atom stereocenters. The molecule has 2 aromatic rings. The Morgan fingerprint density at radius 1 is 1.42 bits per heavy atom. The van der Waals surface area contributed by atoms with Crippen molar-refractivity contribution in [2.45, 2.75) is 32.7 Å². The molecule has 1 aromatic carbocycles. The predicted octanol–water partition coefficient (Wildman–Crippen LogP) is 3.48. The molecule has 0 radical (unpaired) electrons. The third-order valence-corrected chi connectivity index (χ3v) is 3.81. The zero-order valence-corrected chi connectivity index (χ0v) is 12.2. The summed E-state index contributed by atoms with van der Waals surface area (Å²) < 4.78 is 5.63. The quantitative estimate of drug-likeness (QED) is 0.878. The van der Waals surface area contributed by atoms with Crippen LogP contribution in [-0.2, 0) is 6.42 Å². The summed E-state index contributed by atoms with van der Waals surface area (Å²) in [6.45, 7) is 4.84. The maximum absolute atomic E-state index is 6.24. The number of hydrogen-bond acceptors (Lipinski definition) is 4. The van der Waals surface area contributed by atoms with E-state index in [1.807, 2.05) is 31.2 Å². The van der Waals surface area contributed by atoms with E-state index in [9.17, 15) is 0 Å². The molecule has 0 fully saturated rings. The molecule has 2 rings (SSSR count). The summed E-state index contributed by atoms with van der Waals surface area (Å²) in [5.41, 5.74) is 8.41. The maximum atomic E-state index is 6.24. The van der Waals surface area contributed by atoms with Crippen LogP contribution >= 0.6 is 11.3 Å². The average molecular weight is 276 g/mol. The normalized spacial score (nSPS) is 12.4. The molecule has 0 saturated heterocycles. The Bertz CT molecular complexity index is 524. The molecule has 0 amide bonds. The molecule has 19 heavy (non-hydrogen) atoms. The van der Waals surface area contributed by atoms with Crippen LogP contribution in [-0.4, -0.2) is 11.6 Å². The molecule has 0 aliphatic carbocycles. The van der Waals surface area contributed by atoms with E-state index in [0.717, 1.165) is 41.5 Å². The van der Waals surface area contributed by atoms with Crippen LogP contribution in [0.25, 0.3) is 0 Å². The first kappa shape index (κ1) is 14.0. The van der Waals surface area contributed by atoms with Crippen LogP contribution in [0, 0.1) is 6.92 Å². The molecule has 1 unspecified atom stereocenters. The van der Waals surface area contributed by atoms with Crippen LogP contribution in [0.15, 0.2) is 29.6 Å². The Kier molecular flexibility index (Phi) is 4.93. The van der Waals surface area contributed by atoms with Gasteiger partial charge < -0.3 is 10.5 Å². The fraction of sp³-hybridized carbons (Fsp3) is 0.400. The summed E-state index contributed by atoms with van der Waals surface area (Å²) >= 11 is 1.67. The number of rotatable bonds is 6. The van der Waals surface area contributed by atoms with E-state index in [4.69, 9.17) is 10.5 Å². The third kappa shape index (κ3) is 4.04. The lowest BCUT2D eigenvalue weighted by atomic mass is 10.0. The van der Waals surface area contributed by atoms with Crippen molar-refractivity contribution in [1.82, 2.24) is 4.98 Å². The van der Waals surface area contributed by atoms with Gasteiger partial charge in [0, 0.05) is 23.5 Å². The molecule has 0 aliphatic heterocycles. The molecule has 0 aliphatic rings. The molecule has 1 aromatic heterocycles. The molecule has 0 spiro atoms. The smallest absolute Gasteiger partial charge is 0.119 e. The number of benzene rings is 1. The summed E-state index contributed by atoms with van der Waals surface area (Å²) in [7, 11) is 0. The van der Waals surface area contributed by atoms with Crippen molar-refractivity contribution in [3.05, 3.63) is 45.9 Å². The monoisotopic (exact) mass is 276 g/mol. The standard InChI is InChI=1S/C15H20N2OS/c1-3-7-18-13-6-4-5-12(8-13)14(16)9-15-17-11(2)10-19-15/h4-6,8,10,14H,3,7,9,16H2,1-2H3. The minimum atomic E-state index is -0.0317. The van der Waals surface area contributed by atoms with Gasteiger partial charge in [0.1, 0.15) is 5.75 Å². The van der Waals surface area contributed by atoms with Gasteiger partial charge in [-0.25, -0.2) is 4.98 Å². The SMILES string of the molecule is CCCOc1cccc(C(N)Cc2nc(C)cs2)c1. The fourth-order valence-electron chi connectivity index (χ4n) is 1.86. The third-order valence-electron chi connectivity index (χ3n) is 2.82. The lowest BCUT2D eigenvalue weighted by Crippen LogP contribution is -2.13. The van der Waals surface area contributed by atoms with E-state index in [1.54, 1.807) is 11.3 Å². The van der Waals surface area contributed by atoms with E-state index in [2.05, 4.69) is 17.3 Å². The zero-order valence-electron chi connectivity index (χ0n) is 11.4. The second kappa shape index (κ2) is 6.68. The molecule has 3 nitrogen and oxygen atoms in total. The summed E-state index contributed by atoms with van der Waals surface area (Å²) in [6.07, 6.45) is 1.78. The van der Waals surface area contributed by atoms with Gasteiger partial charge in [0.25, 0.3) is 0 Å². The number of ether oxygens (including phenoxy) is 1. The number of aryl methyl sites for hydroxylation is 1. The highest BCUT2D eigenvalue weighted by atomic mass is 32.1. The summed E-state index contributed by atoms with van der Waals surface area (Å²) in [5.74, 6) is 0.894. The molecule has 2 N–H and O–H groups in total. The Labute approximate surface area is 118 Å². The van der Waals surface area contributed by atoms with Gasteiger partial charge in [0.15, 0.2) is 0 Å². The van der Waals surface area contributed by atoms with Gasteiger partial charge in [-0.1, -0.05) is 19.1 Å². The van der Waals surface area contributed by atoms with Crippen molar-refractivity contribution in [2.24, 2.45) is 5.73 Å². The molecule has 0 saturated carbocycles. The topological polar surface area (TPSA) is 48.1 Å². The van der Waals surface area contributed by atoms with Crippen LogP contribution < -0.4 is 10.5 Å². The molecule has 1 heterocycles. The fourth-order valence-corrected chi connectivity index (χ4v) is 2.69. The van der Waals surface area contributed by atoms with E-state index < -0.39 is 0 Å². The summed E-state index contributed by atoms with van der Waals surface area (Å²) in [5, 5.41) is 3.15. The first-order valence-electron chi connectivity index (χ1n) is 6.58. The molecule has 4 heteroatoms. The molecular weight excluding hydrogens is 256 g/mol. The van der Waals surface area contributed by atoms with Gasteiger partial charge in [-0.15, -0.1) is 11.3 Å². The summed E-state index contributed by atoms with van der Waals surface area (Å²) in [4.78, 5) is 4.46. The number of nitrogens with zero attached hydrogens (tertiary/aromatic N) is 1. The maximum Gasteiger partial charge on any atom is 0.119 e. The predicted molar refractivity (Wildman–Crippen MR) is 79.7 cm³/mol. The van der Waals surface area contributed by atoms with Crippen molar-refractivity contribution in [3.8, 4) is 5.75 Å². The second-order valence-corrected chi connectivity index (χ2v) is 5.56. The lowest BCUT2D eigenvalue weighted by Gasteiger charge is -2.12. The van der Waals surface area contributed by atoms with E-state index in [1.165, 1.54) is 0 Å². The Balaban J connectivity index is 2.03. The highest BCUT2D eigenvalue weighted by Crippen LogP contribution is 2.22. The van der Waals surface area contributed by atoms with Crippen LogP contribution in [0.3, 0.4) is 0 Å². The van der Waals surface area contributed by atoms with Crippen molar-refractivity contribution >= 4 is 11.3 Å². The average Bonchev–Trinajstić information content (AvgIpc) is 2.82. The van der Waals surface area contributed by atoms with Crippen molar-refractivity contribution in [3.63, 3.8) is 0 Å². The number of aromatic nitrogens is 1. The van der Waals surface area contributed by atoms with Gasteiger partial charge in [-0.05, 0) is 31.0 Å². The van der Waals surface area contributed by atoms with Gasteiger partial charge in [0.05, 0.1) is 11.6 Å². The minimum Gasteiger partial charge on any atom is -0.494 e. The van der Waals surface area contributed by atoms with E-state index in [-0.39, 0.29) is 6.04 Å². The Morgan fingerprint density at radius 3 is 2.95 bits per heavy atom. The van der Waals surface area contributed by atoms with Crippen LogP contribution in [0.4, 0.5) is 0 Å². The minimum absolute atomic E-state index is 0.0317. The molecule has 0 bridgehead atoms. The Hall–Kier alpha value is -1.39. The van der Waals surface area contributed by atoms with Crippen LogP contribution in [0.2, 0.25) is 0 Å². The first-order valence-corrected chi connectivity index (χ1v) is 7.46.